The number of ether oxygens (including phenoxy) is 1. The third kappa shape index (κ3) is 2.43. The van der Waals surface area contributed by atoms with Gasteiger partial charge in [0.05, 0.1) is 7.11 Å². The number of benzene rings is 1. The van der Waals surface area contributed by atoms with Crippen LogP contribution < -0.4 is 10.1 Å². The summed E-state index contributed by atoms with van der Waals surface area (Å²) in [7, 11) is 1.45. The highest BCUT2D eigenvalue weighted by atomic mass is 19.1. The molecule has 0 aliphatic rings. The molecule has 69 valence electrons. The van der Waals surface area contributed by atoms with Crippen molar-refractivity contribution in [1.29, 1.82) is 0 Å². The maximum absolute atomic E-state index is 12.7. The minimum absolute atomic E-state index is 0.285. The van der Waals surface area contributed by atoms with Gasteiger partial charge in [-0.2, -0.15) is 0 Å². The van der Waals surface area contributed by atoms with Gasteiger partial charge in [0, 0.05) is 18.2 Å². The monoisotopic (exact) mass is 182 g/mol. The van der Waals surface area contributed by atoms with Crippen LogP contribution in [-0.4, -0.2) is 13.5 Å². The number of nitrogens with one attached hydrogen (secondary N) is 1. The Balaban J connectivity index is 2.85. The van der Waals surface area contributed by atoms with E-state index >= 15 is 0 Å². The highest BCUT2D eigenvalue weighted by Crippen LogP contribution is 2.18. The van der Waals surface area contributed by atoms with Crippen LogP contribution in [0.2, 0.25) is 0 Å². The Morgan fingerprint density at radius 1 is 1.62 bits per heavy atom. The SMILES string of the molecule is COc1cc(F)ccc1CN[C]=O. The number of rotatable bonds is 4. The molecule has 1 rings (SSSR count). The van der Waals surface area contributed by atoms with E-state index in [1.165, 1.54) is 25.7 Å². The standard InChI is InChI=1S/C9H9FNO2/c1-13-9-4-8(10)3-2-7(9)5-11-6-12/h2-4H,5H2,1H3,(H,11,12). The van der Waals surface area contributed by atoms with E-state index in [1.807, 2.05) is 0 Å². The van der Waals surface area contributed by atoms with Gasteiger partial charge in [0.15, 0.2) is 0 Å². The first-order chi connectivity index (χ1) is 6.27. The van der Waals surface area contributed by atoms with Gasteiger partial charge >= 0.3 is 6.41 Å². The van der Waals surface area contributed by atoms with E-state index in [1.54, 1.807) is 6.07 Å². The summed E-state index contributed by atoms with van der Waals surface area (Å²) < 4.78 is 17.6. The van der Waals surface area contributed by atoms with Crippen molar-refractivity contribution in [3.63, 3.8) is 0 Å². The quantitative estimate of drug-likeness (QED) is 0.705. The summed E-state index contributed by atoms with van der Waals surface area (Å²) >= 11 is 0. The van der Waals surface area contributed by atoms with Crippen LogP contribution in [0.3, 0.4) is 0 Å². The molecule has 1 radical (unpaired) electrons. The largest absolute Gasteiger partial charge is 0.496 e. The molecule has 0 fully saturated rings. The van der Waals surface area contributed by atoms with E-state index in [9.17, 15) is 9.18 Å². The molecule has 0 spiro atoms. The molecule has 0 bridgehead atoms. The van der Waals surface area contributed by atoms with Gasteiger partial charge in [0.2, 0.25) is 0 Å². The van der Waals surface area contributed by atoms with Crippen LogP contribution in [0.15, 0.2) is 18.2 Å². The maximum Gasteiger partial charge on any atom is 0.309 e. The molecule has 0 saturated heterocycles. The van der Waals surface area contributed by atoms with Gasteiger partial charge in [-0.15, -0.1) is 0 Å². The van der Waals surface area contributed by atoms with Gasteiger partial charge in [-0.3, -0.25) is 4.79 Å². The molecule has 1 amide bonds. The molecule has 1 N–H and O–H groups in total. The van der Waals surface area contributed by atoms with Crippen LogP contribution in [0.4, 0.5) is 4.39 Å². The van der Waals surface area contributed by atoms with Crippen molar-refractivity contribution in [2.75, 3.05) is 7.11 Å². The van der Waals surface area contributed by atoms with E-state index in [0.29, 0.717) is 11.3 Å². The number of halogens is 1. The lowest BCUT2D eigenvalue weighted by molar-refractivity contribution is 0.405. The topological polar surface area (TPSA) is 38.3 Å². The molecular weight excluding hydrogens is 173 g/mol. The van der Waals surface area contributed by atoms with Crippen molar-refractivity contribution in [2.45, 2.75) is 6.54 Å². The van der Waals surface area contributed by atoms with Gasteiger partial charge in [-0.05, 0) is 6.07 Å². The Hall–Kier alpha value is -1.58. The summed E-state index contributed by atoms with van der Waals surface area (Å²) in [5, 5.41) is 2.35. The van der Waals surface area contributed by atoms with Crippen molar-refractivity contribution in [3.05, 3.63) is 29.6 Å². The molecule has 3 nitrogen and oxygen atoms in total. The van der Waals surface area contributed by atoms with E-state index in [4.69, 9.17) is 4.74 Å². The lowest BCUT2D eigenvalue weighted by Gasteiger charge is -2.06. The van der Waals surface area contributed by atoms with E-state index in [0.717, 1.165) is 0 Å². The first-order valence-corrected chi connectivity index (χ1v) is 3.70. The summed E-state index contributed by atoms with van der Waals surface area (Å²) in [5.41, 5.74) is 0.715. The lowest BCUT2D eigenvalue weighted by atomic mass is 10.2. The molecule has 0 heterocycles. The van der Waals surface area contributed by atoms with Gasteiger partial charge in [0.25, 0.3) is 0 Å². The molecule has 0 aliphatic heterocycles. The predicted molar refractivity (Wildman–Crippen MR) is 45.5 cm³/mol. The molecular formula is C9H9FNO2. The van der Waals surface area contributed by atoms with Gasteiger partial charge in [-0.1, -0.05) is 6.07 Å². The van der Waals surface area contributed by atoms with Crippen LogP contribution >= 0.6 is 0 Å². The van der Waals surface area contributed by atoms with E-state index < -0.39 is 0 Å². The van der Waals surface area contributed by atoms with Gasteiger partial charge in [-0.25, -0.2) is 4.39 Å². The summed E-state index contributed by atoms with van der Waals surface area (Å²) in [5.74, 6) is 0.0541. The predicted octanol–water partition coefficient (Wildman–Crippen LogP) is 0.991. The second kappa shape index (κ2) is 4.45. The number of hydrogen-bond donors (Lipinski definition) is 1. The summed E-state index contributed by atoms with van der Waals surface area (Å²) in [6, 6.07) is 4.13. The molecule has 0 saturated carbocycles. The van der Waals surface area contributed by atoms with Crippen LogP contribution in [0.25, 0.3) is 0 Å². The Labute approximate surface area is 75.5 Å². The van der Waals surface area contributed by atoms with Crippen LogP contribution in [0.1, 0.15) is 5.56 Å². The average molecular weight is 182 g/mol. The summed E-state index contributed by atoms with van der Waals surface area (Å²) in [6.45, 7) is 0.285. The van der Waals surface area contributed by atoms with Crippen molar-refractivity contribution in [2.24, 2.45) is 0 Å². The Morgan fingerprint density at radius 3 is 3.00 bits per heavy atom. The second-order valence-electron chi connectivity index (χ2n) is 2.41. The lowest BCUT2D eigenvalue weighted by Crippen LogP contribution is -2.10. The third-order valence-corrected chi connectivity index (χ3v) is 1.60. The molecule has 1 aromatic rings. The summed E-state index contributed by atoms with van der Waals surface area (Å²) in [6.07, 6.45) is 1.53. The fourth-order valence-corrected chi connectivity index (χ4v) is 0.996. The zero-order chi connectivity index (χ0) is 9.68. The highest BCUT2D eigenvalue weighted by Gasteiger charge is 2.03. The molecule has 1 aromatic carbocycles. The van der Waals surface area contributed by atoms with E-state index in [-0.39, 0.29) is 12.4 Å². The molecule has 0 atom stereocenters. The fraction of sp³-hybridized carbons (Fsp3) is 0.222. The number of amides is 1. The molecule has 0 unspecified atom stereocenters. The number of methoxy groups -OCH3 is 1. The minimum atomic E-state index is -0.365. The number of carbonyl (C=O) groups excluding carboxylic acids is 1. The highest BCUT2D eigenvalue weighted by molar-refractivity contribution is 5.48. The minimum Gasteiger partial charge on any atom is -0.496 e. The smallest absolute Gasteiger partial charge is 0.309 e. The van der Waals surface area contributed by atoms with Gasteiger partial charge < -0.3 is 10.1 Å². The Morgan fingerprint density at radius 2 is 2.38 bits per heavy atom. The van der Waals surface area contributed by atoms with Crippen molar-refractivity contribution < 1.29 is 13.9 Å². The number of hydrogen-bond acceptors (Lipinski definition) is 2. The normalized spacial score (nSPS) is 9.38. The first kappa shape index (κ1) is 9.51. The third-order valence-electron chi connectivity index (χ3n) is 1.60. The van der Waals surface area contributed by atoms with Gasteiger partial charge in [0.1, 0.15) is 11.6 Å². The first-order valence-electron chi connectivity index (χ1n) is 3.70. The molecule has 13 heavy (non-hydrogen) atoms. The van der Waals surface area contributed by atoms with Crippen LogP contribution in [0.5, 0.6) is 5.75 Å². The maximum atomic E-state index is 12.7. The van der Waals surface area contributed by atoms with Crippen LogP contribution in [0, 0.1) is 5.82 Å². The average Bonchev–Trinajstić information content (AvgIpc) is 2.16. The second-order valence-corrected chi connectivity index (χ2v) is 2.41. The molecule has 0 aliphatic carbocycles. The van der Waals surface area contributed by atoms with Crippen molar-refractivity contribution >= 4 is 6.41 Å². The Kier molecular flexibility index (Phi) is 3.25. The van der Waals surface area contributed by atoms with Crippen molar-refractivity contribution in [1.82, 2.24) is 5.32 Å². The fourth-order valence-electron chi connectivity index (χ4n) is 0.996. The van der Waals surface area contributed by atoms with Crippen molar-refractivity contribution in [3.8, 4) is 5.75 Å². The summed E-state index contributed by atoms with van der Waals surface area (Å²) in [4.78, 5) is 9.89. The molecule has 0 aromatic heterocycles. The zero-order valence-electron chi connectivity index (χ0n) is 7.13. The van der Waals surface area contributed by atoms with E-state index in [2.05, 4.69) is 5.32 Å². The zero-order valence-corrected chi connectivity index (χ0v) is 7.13. The Bertz CT molecular complexity index is 302. The van der Waals surface area contributed by atoms with Crippen LogP contribution in [-0.2, 0) is 11.3 Å². The molecule has 4 heteroatoms.